The van der Waals surface area contributed by atoms with Crippen molar-refractivity contribution in [3.63, 3.8) is 0 Å². The Bertz CT molecular complexity index is 238. The van der Waals surface area contributed by atoms with Crippen LogP contribution in [0, 0.1) is 5.41 Å². The number of nitrogens with one attached hydrogen (secondary N) is 1. The monoisotopic (exact) mass is 302 g/mol. The second kappa shape index (κ2) is 11.4. The molecule has 5 nitrogen and oxygen atoms in total. The normalized spacial score (nSPS) is 18.9. The Balaban J connectivity index is 2.59. The summed E-state index contributed by atoms with van der Waals surface area (Å²) in [6.07, 6.45) is 7.72. The van der Waals surface area contributed by atoms with E-state index in [1.807, 2.05) is 0 Å². The molecule has 3 N–H and O–H groups in total. The van der Waals surface area contributed by atoms with Crippen LogP contribution in [0.25, 0.3) is 0 Å². The zero-order valence-electron chi connectivity index (χ0n) is 13.6. The summed E-state index contributed by atoms with van der Waals surface area (Å²) in [7, 11) is 1.73. The zero-order chi connectivity index (χ0) is 15.4. The molecule has 5 heteroatoms. The summed E-state index contributed by atoms with van der Waals surface area (Å²) in [5, 5.41) is 22.0. The molecular formula is C16H34N2O3. The van der Waals surface area contributed by atoms with Gasteiger partial charge in [0, 0.05) is 39.8 Å². The van der Waals surface area contributed by atoms with Crippen molar-refractivity contribution in [3.05, 3.63) is 0 Å². The molecule has 0 aromatic rings. The summed E-state index contributed by atoms with van der Waals surface area (Å²) in [5.74, 6) is 0. The summed E-state index contributed by atoms with van der Waals surface area (Å²) in [4.78, 5) is 2.21. The van der Waals surface area contributed by atoms with Gasteiger partial charge in [0.15, 0.2) is 0 Å². The highest BCUT2D eigenvalue weighted by Crippen LogP contribution is 2.35. The summed E-state index contributed by atoms with van der Waals surface area (Å²) in [6, 6.07) is 0. The number of aliphatic hydroxyl groups is 2. The van der Waals surface area contributed by atoms with Gasteiger partial charge >= 0.3 is 0 Å². The second-order valence-electron chi connectivity index (χ2n) is 6.31. The zero-order valence-corrected chi connectivity index (χ0v) is 13.6. The number of rotatable bonds is 11. The number of aliphatic hydroxyl groups excluding tert-OH is 2. The summed E-state index contributed by atoms with van der Waals surface area (Å²) in [5.41, 5.74) is 0.272. The topological polar surface area (TPSA) is 65.0 Å². The van der Waals surface area contributed by atoms with Crippen LogP contribution < -0.4 is 5.32 Å². The van der Waals surface area contributed by atoms with E-state index in [4.69, 9.17) is 4.74 Å². The van der Waals surface area contributed by atoms with Crippen molar-refractivity contribution in [2.75, 3.05) is 59.7 Å². The summed E-state index contributed by atoms with van der Waals surface area (Å²) in [6.45, 7) is 5.23. The average molecular weight is 302 g/mol. The minimum Gasteiger partial charge on any atom is -0.395 e. The molecule has 0 aliphatic heterocycles. The number of methoxy groups -OCH3 is 1. The number of hydrogen-bond acceptors (Lipinski definition) is 5. The lowest BCUT2D eigenvalue weighted by atomic mass is 9.79. The van der Waals surface area contributed by atoms with Crippen LogP contribution in [0.2, 0.25) is 0 Å². The predicted octanol–water partition coefficient (Wildman–Crippen LogP) is 0.850. The quantitative estimate of drug-likeness (QED) is 0.390. The van der Waals surface area contributed by atoms with Crippen molar-refractivity contribution in [1.82, 2.24) is 10.2 Å². The van der Waals surface area contributed by atoms with Gasteiger partial charge in [-0.1, -0.05) is 25.7 Å². The Kier molecular flexibility index (Phi) is 10.2. The van der Waals surface area contributed by atoms with Crippen molar-refractivity contribution in [2.24, 2.45) is 5.41 Å². The Morgan fingerprint density at radius 3 is 2.19 bits per heavy atom. The van der Waals surface area contributed by atoms with Crippen LogP contribution in [-0.4, -0.2) is 74.8 Å². The molecule has 0 amide bonds. The average Bonchev–Trinajstić information content (AvgIpc) is 2.70. The number of hydrogen-bond donors (Lipinski definition) is 3. The lowest BCUT2D eigenvalue weighted by Gasteiger charge is -2.38. The van der Waals surface area contributed by atoms with Gasteiger partial charge in [-0.15, -0.1) is 0 Å². The smallest absolute Gasteiger partial charge is 0.0587 e. The van der Waals surface area contributed by atoms with Crippen molar-refractivity contribution >= 4 is 0 Å². The third kappa shape index (κ3) is 7.56. The lowest BCUT2D eigenvalue weighted by molar-refractivity contribution is 0.0901. The van der Waals surface area contributed by atoms with Crippen molar-refractivity contribution in [3.8, 4) is 0 Å². The Hall–Kier alpha value is -0.200. The highest BCUT2D eigenvalue weighted by Gasteiger charge is 2.32. The molecule has 126 valence electrons. The van der Waals surface area contributed by atoms with E-state index in [-0.39, 0.29) is 18.6 Å². The van der Waals surface area contributed by atoms with Crippen LogP contribution >= 0.6 is 0 Å². The Morgan fingerprint density at radius 1 is 1.05 bits per heavy atom. The van der Waals surface area contributed by atoms with Gasteiger partial charge in [0.25, 0.3) is 0 Å². The van der Waals surface area contributed by atoms with E-state index in [1.165, 1.54) is 38.5 Å². The van der Waals surface area contributed by atoms with Gasteiger partial charge in [-0.25, -0.2) is 0 Å². The SMILES string of the molecule is COCCNCC1(CN(CCO)CCO)CCCCCC1. The minimum absolute atomic E-state index is 0.160. The van der Waals surface area contributed by atoms with E-state index in [0.717, 1.165) is 26.2 Å². The van der Waals surface area contributed by atoms with Gasteiger partial charge in [-0.05, 0) is 18.3 Å². The number of nitrogens with zero attached hydrogens (tertiary/aromatic N) is 1. The first kappa shape index (κ1) is 18.8. The van der Waals surface area contributed by atoms with E-state index in [0.29, 0.717) is 13.1 Å². The molecule has 1 aliphatic carbocycles. The van der Waals surface area contributed by atoms with Gasteiger partial charge in [-0.3, -0.25) is 4.90 Å². The van der Waals surface area contributed by atoms with Crippen molar-refractivity contribution < 1.29 is 14.9 Å². The second-order valence-corrected chi connectivity index (χ2v) is 6.31. The van der Waals surface area contributed by atoms with Crippen molar-refractivity contribution in [2.45, 2.75) is 38.5 Å². The van der Waals surface area contributed by atoms with E-state index < -0.39 is 0 Å². The molecule has 1 fully saturated rings. The first-order valence-corrected chi connectivity index (χ1v) is 8.40. The fourth-order valence-electron chi connectivity index (χ4n) is 3.42. The van der Waals surface area contributed by atoms with E-state index in [2.05, 4.69) is 10.2 Å². The fraction of sp³-hybridized carbons (Fsp3) is 1.00. The van der Waals surface area contributed by atoms with Crippen LogP contribution in [0.3, 0.4) is 0 Å². The number of ether oxygens (including phenoxy) is 1. The third-order valence-corrected chi connectivity index (χ3v) is 4.54. The highest BCUT2D eigenvalue weighted by atomic mass is 16.5. The Morgan fingerprint density at radius 2 is 1.67 bits per heavy atom. The van der Waals surface area contributed by atoms with Gasteiger partial charge < -0.3 is 20.3 Å². The molecule has 0 radical (unpaired) electrons. The standard InChI is InChI=1S/C16H34N2O3/c1-21-13-8-17-14-16(6-4-2-3-5-7-16)15-18(9-11-19)10-12-20/h17,19-20H,2-15H2,1H3. The maximum atomic E-state index is 9.22. The van der Waals surface area contributed by atoms with Crippen LogP contribution in [0.1, 0.15) is 38.5 Å². The molecule has 1 aliphatic rings. The first-order valence-electron chi connectivity index (χ1n) is 8.40. The van der Waals surface area contributed by atoms with Gasteiger partial charge in [0.2, 0.25) is 0 Å². The molecule has 21 heavy (non-hydrogen) atoms. The molecule has 0 unspecified atom stereocenters. The lowest BCUT2D eigenvalue weighted by Crippen LogP contribution is -2.46. The van der Waals surface area contributed by atoms with Crippen molar-refractivity contribution in [1.29, 1.82) is 0 Å². The predicted molar refractivity (Wildman–Crippen MR) is 85.5 cm³/mol. The molecule has 0 heterocycles. The van der Waals surface area contributed by atoms with E-state index in [1.54, 1.807) is 7.11 Å². The minimum atomic E-state index is 0.160. The molecule has 0 saturated heterocycles. The largest absolute Gasteiger partial charge is 0.395 e. The molecule has 0 spiro atoms. The summed E-state index contributed by atoms with van der Waals surface area (Å²) < 4.78 is 5.11. The van der Waals surface area contributed by atoms with Crippen LogP contribution in [0.15, 0.2) is 0 Å². The van der Waals surface area contributed by atoms with Crippen LogP contribution in [0.4, 0.5) is 0 Å². The van der Waals surface area contributed by atoms with Gasteiger partial charge in [0.1, 0.15) is 0 Å². The van der Waals surface area contributed by atoms with E-state index in [9.17, 15) is 10.2 Å². The maximum absolute atomic E-state index is 9.22. The van der Waals surface area contributed by atoms with Gasteiger partial charge in [0.05, 0.1) is 19.8 Å². The molecule has 1 saturated carbocycles. The maximum Gasteiger partial charge on any atom is 0.0587 e. The molecule has 0 aromatic heterocycles. The highest BCUT2D eigenvalue weighted by molar-refractivity contribution is 4.87. The van der Waals surface area contributed by atoms with E-state index >= 15 is 0 Å². The Labute approximate surface area is 129 Å². The molecule has 0 bridgehead atoms. The first-order chi connectivity index (χ1) is 10.3. The molecule has 0 aromatic carbocycles. The molecular weight excluding hydrogens is 268 g/mol. The van der Waals surface area contributed by atoms with Crippen LogP contribution in [0.5, 0.6) is 0 Å². The summed E-state index contributed by atoms with van der Waals surface area (Å²) >= 11 is 0. The fourth-order valence-corrected chi connectivity index (χ4v) is 3.42. The van der Waals surface area contributed by atoms with Crippen LogP contribution in [-0.2, 0) is 4.74 Å². The van der Waals surface area contributed by atoms with Gasteiger partial charge in [-0.2, -0.15) is 0 Å². The molecule has 0 atom stereocenters. The third-order valence-electron chi connectivity index (χ3n) is 4.54. The molecule has 1 rings (SSSR count).